The van der Waals surface area contributed by atoms with Gasteiger partial charge in [-0.3, -0.25) is 9.97 Å². The zero-order chi connectivity index (χ0) is 25.1. The zero-order valence-electron chi connectivity index (χ0n) is 20.3. The standard InChI is InChI=1S/C34H20N4/c1-3-9-26-21(6-1)17-19-36-33(26)34-27-10-4-2-7-25(27)20-29(38-34)28-16-15-24-14-12-22-11-13-23-8-5-18-35-31(23)30(22)32(24)37-28/h1-20H. The highest BCUT2D eigenvalue weighted by molar-refractivity contribution is 6.17. The molecule has 38 heavy (non-hydrogen) atoms. The van der Waals surface area contributed by atoms with Crippen LogP contribution in [0.5, 0.6) is 0 Å². The minimum absolute atomic E-state index is 0.820. The molecule has 8 rings (SSSR count). The highest BCUT2D eigenvalue weighted by Crippen LogP contribution is 2.35. The third-order valence-corrected chi connectivity index (χ3v) is 7.31. The van der Waals surface area contributed by atoms with Gasteiger partial charge >= 0.3 is 0 Å². The smallest absolute Gasteiger partial charge is 0.0979 e. The Morgan fingerprint density at radius 1 is 0.395 bits per heavy atom. The first kappa shape index (κ1) is 20.9. The summed E-state index contributed by atoms with van der Waals surface area (Å²) in [5.41, 5.74) is 5.28. The van der Waals surface area contributed by atoms with Gasteiger partial charge in [0.15, 0.2) is 0 Å². The summed E-state index contributed by atoms with van der Waals surface area (Å²) in [5.74, 6) is 0. The fourth-order valence-electron chi connectivity index (χ4n) is 5.49. The summed E-state index contributed by atoms with van der Waals surface area (Å²) in [5, 5.41) is 8.78. The van der Waals surface area contributed by atoms with Crippen molar-refractivity contribution in [2.45, 2.75) is 0 Å². The van der Waals surface area contributed by atoms with Gasteiger partial charge in [0.05, 0.1) is 33.8 Å². The maximum absolute atomic E-state index is 5.20. The van der Waals surface area contributed by atoms with Crippen LogP contribution in [0.15, 0.2) is 122 Å². The van der Waals surface area contributed by atoms with E-state index in [0.29, 0.717) is 0 Å². The first-order chi connectivity index (χ1) is 18.8. The lowest BCUT2D eigenvalue weighted by molar-refractivity contribution is 1.26. The second kappa shape index (κ2) is 8.15. The fourth-order valence-corrected chi connectivity index (χ4v) is 5.49. The van der Waals surface area contributed by atoms with Crippen molar-refractivity contribution in [2.75, 3.05) is 0 Å². The molecule has 0 spiro atoms. The number of fused-ring (bicyclic) bond motifs is 7. The minimum Gasteiger partial charge on any atom is -0.256 e. The molecule has 0 amide bonds. The lowest BCUT2D eigenvalue weighted by atomic mass is 10.0. The molecule has 0 unspecified atom stereocenters. The van der Waals surface area contributed by atoms with Crippen molar-refractivity contribution in [3.63, 3.8) is 0 Å². The van der Waals surface area contributed by atoms with Crippen molar-refractivity contribution < 1.29 is 0 Å². The van der Waals surface area contributed by atoms with E-state index < -0.39 is 0 Å². The van der Waals surface area contributed by atoms with Crippen molar-refractivity contribution in [3.05, 3.63) is 122 Å². The van der Waals surface area contributed by atoms with Gasteiger partial charge in [0.25, 0.3) is 0 Å². The van der Waals surface area contributed by atoms with Crippen molar-refractivity contribution in [1.29, 1.82) is 0 Å². The molecule has 0 aliphatic heterocycles. The molecule has 8 aromatic rings. The summed E-state index contributed by atoms with van der Waals surface area (Å²) in [6.07, 6.45) is 3.71. The summed E-state index contributed by atoms with van der Waals surface area (Å²) in [4.78, 5) is 19.9. The summed E-state index contributed by atoms with van der Waals surface area (Å²) >= 11 is 0. The first-order valence-electron chi connectivity index (χ1n) is 12.6. The Balaban J connectivity index is 1.43. The van der Waals surface area contributed by atoms with Crippen LogP contribution in [-0.2, 0) is 0 Å². The third-order valence-electron chi connectivity index (χ3n) is 7.31. The highest BCUT2D eigenvalue weighted by Gasteiger charge is 2.15. The molecule has 0 aliphatic carbocycles. The van der Waals surface area contributed by atoms with Gasteiger partial charge in [0.1, 0.15) is 0 Å². The Morgan fingerprint density at radius 2 is 1.08 bits per heavy atom. The lowest BCUT2D eigenvalue weighted by Crippen LogP contribution is -1.96. The molecule has 0 saturated carbocycles. The van der Waals surface area contributed by atoms with E-state index in [1.165, 1.54) is 0 Å². The van der Waals surface area contributed by atoms with E-state index in [-0.39, 0.29) is 0 Å². The van der Waals surface area contributed by atoms with E-state index in [2.05, 4.69) is 91.0 Å². The van der Waals surface area contributed by atoms with Crippen molar-refractivity contribution in [1.82, 2.24) is 19.9 Å². The molecule has 0 bridgehead atoms. The van der Waals surface area contributed by atoms with Crippen molar-refractivity contribution in [2.24, 2.45) is 0 Å². The molecule has 4 aromatic carbocycles. The van der Waals surface area contributed by atoms with E-state index in [1.807, 2.05) is 30.6 Å². The number of rotatable bonds is 2. The van der Waals surface area contributed by atoms with E-state index in [0.717, 1.165) is 76.9 Å². The summed E-state index contributed by atoms with van der Waals surface area (Å²) in [6, 6.07) is 37.6. The average molecular weight is 485 g/mol. The quantitative estimate of drug-likeness (QED) is 0.231. The molecule has 0 fully saturated rings. The number of hydrogen-bond donors (Lipinski definition) is 0. The lowest BCUT2D eigenvalue weighted by Gasteiger charge is -2.12. The Hall–Kier alpha value is -5.22. The molecule has 0 radical (unpaired) electrons. The van der Waals surface area contributed by atoms with Gasteiger partial charge in [-0.2, -0.15) is 0 Å². The Bertz CT molecular complexity index is 2190. The third kappa shape index (κ3) is 3.17. The van der Waals surface area contributed by atoms with Crippen LogP contribution >= 0.6 is 0 Å². The number of aromatic nitrogens is 4. The second-order valence-electron chi connectivity index (χ2n) is 9.53. The van der Waals surface area contributed by atoms with Crippen molar-refractivity contribution in [3.8, 4) is 22.8 Å². The molecule has 176 valence electrons. The van der Waals surface area contributed by atoms with Gasteiger partial charge in [0.2, 0.25) is 0 Å². The molecular formula is C34H20N4. The predicted molar refractivity (Wildman–Crippen MR) is 156 cm³/mol. The average Bonchev–Trinajstić information content (AvgIpc) is 2.99. The molecule has 0 saturated heterocycles. The van der Waals surface area contributed by atoms with E-state index >= 15 is 0 Å². The van der Waals surface area contributed by atoms with Gasteiger partial charge in [-0.15, -0.1) is 0 Å². The largest absolute Gasteiger partial charge is 0.256 e. The number of pyridine rings is 4. The van der Waals surface area contributed by atoms with E-state index in [9.17, 15) is 0 Å². The van der Waals surface area contributed by atoms with Crippen LogP contribution in [0.2, 0.25) is 0 Å². The van der Waals surface area contributed by atoms with E-state index in [1.54, 1.807) is 0 Å². The number of benzene rings is 4. The molecule has 0 atom stereocenters. The van der Waals surface area contributed by atoms with Crippen LogP contribution in [0.3, 0.4) is 0 Å². The van der Waals surface area contributed by atoms with Crippen LogP contribution in [0.25, 0.3) is 76.9 Å². The normalized spacial score (nSPS) is 11.7. The van der Waals surface area contributed by atoms with Gasteiger partial charge in [-0.05, 0) is 40.4 Å². The minimum atomic E-state index is 0.820. The topological polar surface area (TPSA) is 51.6 Å². The highest BCUT2D eigenvalue weighted by atomic mass is 14.8. The zero-order valence-corrected chi connectivity index (χ0v) is 20.3. The van der Waals surface area contributed by atoms with Crippen LogP contribution in [0.4, 0.5) is 0 Å². The SMILES string of the molecule is c1ccc2c(-c3nc(-c4ccc5ccc6ccc7cccnc7c6c5n4)cc4ccccc34)nccc2c1. The monoisotopic (exact) mass is 484 g/mol. The van der Waals surface area contributed by atoms with E-state index in [4.69, 9.17) is 19.9 Å². The number of hydrogen-bond acceptors (Lipinski definition) is 4. The van der Waals surface area contributed by atoms with Crippen molar-refractivity contribution >= 4 is 54.1 Å². The fraction of sp³-hybridized carbons (Fsp3) is 0. The first-order valence-corrected chi connectivity index (χ1v) is 12.6. The Morgan fingerprint density at radius 3 is 1.95 bits per heavy atom. The molecule has 4 nitrogen and oxygen atoms in total. The van der Waals surface area contributed by atoms with Crippen LogP contribution < -0.4 is 0 Å². The maximum Gasteiger partial charge on any atom is 0.0979 e. The summed E-state index contributed by atoms with van der Waals surface area (Å²) in [6.45, 7) is 0. The van der Waals surface area contributed by atoms with Gasteiger partial charge in [-0.25, -0.2) is 9.97 Å². The Labute approximate surface area is 218 Å². The summed E-state index contributed by atoms with van der Waals surface area (Å²) in [7, 11) is 0. The molecule has 4 aromatic heterocycles. The Kier molecular flexibility index (Phi) is 4.49. The molecular weight excluding hydrogens is 464 g/mol. The van der Waals surface area contributed by atoms with Gasteiger partial charge in [-0.1, -0.05) is 84.9 Å². The second-order valence-corrected chi connectivity index (χ2v) is 9.53. The predicted octanol–water partition coefficient (Wildman–Crippen LogP) is 8.37. The van der Waals surface area contributed by atoms with Crippen LogP contribution in [0, 0.1) is 0 Å². The van der Waals surface area contributed by atoms with Crippen LogP contribution in [0.1, 0.15) is 0 Å². The molecule has 0 N–H and O–H groups in total. The maximum atomic E-state index is 5.20. The van der Waals surface area contributed by atoms with Crippen LogP contribution in [-0.4, -0.2) is 19.9 Å². The van der Waals surface area contributed by atoms with Gasteiger partial charge in [0, 0.05) is 39.3 Å². The molecule has 0 aliphatic rings. The number of nitrogens with zero attached hydrogens (tertiary/aromatic N) is 4. The van der Waals surface area contributed by atoms with Gasteiger partial charge < -0.3 is 0 Å². The molecule has 4 heteroatoms. The molecule has 4 heterocycles. The summed E-state index contributed by atoms with van der Waals surface area (Å²) < 4.78 is 0.